The number of nitrogens with one attached hydrogen (secondary N) is 1. The van der Waals surface area contributed by atoms with Gasteiger partial charge in [-0.2, -0.15) is 0 Å². The molecule has 1 rings (SSSR count). The fraction of sp³-hybridized carbons (Fsp3) is 0.125. The second-order valence-electron chi connectivity index (χ2n) is 2.19. The van der Waals surface area contributed by atoms with Crippen molar-refractivity contribution < 1.29 is 9.18 Å². The molecular formula is C8H7FNO. The maximum absolute atomic E-state index is 12.7. The third-order valence-corrected chi connectivity index (χ3v) is 1.31. The molecule has 0 heterocycles. The van der Waals surface area contributed by atoms with Crippen LogP contribution in [0.1, 0.15) is 5.56 Å². The summed E-state index contributed by atoms with van der Waals surface area (Å²) in [6, 6.07) is 5.97. The summed E-state index contributed by atoms with van der Waals surface area (Å²) in [4.78, 5) is 10.3. The van der Waals surface area contributed by atoms with Crippen molar-refractivity contribution in [3.8, 4) is 0 Å². The molecule has 11 heavy (non-hydrogen) atoms. The number of rotatable bonds is 2. The molecule has 1 aromatic rings. The molecule has 1 amide bonds. The standard InChI is InChI=1S/C8H7FNO/c9-7-4-2-1-3-6(7)5-8(10)11/h1-4,10H,5H2. The molecular weight excluding hydrogens is 145 g/mol. The van der Waals surface area contributed by atoms with E-state index < -0.39 is 11.7 Å². The van der Waals surface area contributed by atoms with Crippen LogP contribution in [0.4, 0.5) is 4.39 Å². The molecule has 1 aromatic carbocycles. The van der Waals surface area contributed by atoms with Crippen LogP contribution >= 0.6 is 0 Å². The van der Waals surface area contributed by atoms with Crippen molar-refractivity contribution in [2.75, 3.05) is 0 Å². The Kier molecular flexibility index (Phi) is 2.21. The second-order valence-corrected chi connectivity index (χ2v) is 2.19. The van der Waals surface area contributed by atoms with E-state index in [1.807, 2.05) is 0 Å². The van der Waals surface area contributed by atoms with Crippen LogP contribution in [0.15, 0.2) is 24.3 Å². The Hall–Kier alpha value is -1.38. The Bertz CT molecular complexity index is 273. The molecule has 0 atom stereocenters. The number of carbonyl (C=O) groups excluding carboxylic acids is 1. The van der Waals surface area contributed by atoms with E-state index in [1.54, 1.807) is 12.1 Å². The van der Waals surface area contributed by atoms with E-state index in [4.69, 9.17) is 5.73 Å². The third-order valence-electron chi connectivity index (χ3n) is 1.31. The van der Waals surface area contributed by atoms with Crippen LogP contribution in [0, 0.1) is 5.82 Å². The molecule has 0 aliphatic carbocycles. The van der Waals surface area contributed by atoms with E-state index in [1.165, 1.54) is 12.1 Å². The highest BCUT2D eigenvalue weighted by Gasteiger charge is 2.03. The van der Waals surface area contributed by atoms with Crippen LogP contribution in [-0.4, -0.2) is 5.91 Å². The topological polar surface area (TPSA) is 40.9 Å². The summed E-state index contributed by atoms with van der Waals surface area (Å²) in [5.41, 5.74) is 6.89. The van der Waals surface area contributed by atoms with Gasteiger partial charge in [0.1, 0.15) is 5.82 Å². The Morgan fingerprint density at radius 3 is 2.64 bits per heavy atom. The average Bonchev–Trinajstić information content (AvgIpc) is 1.93. The Morgan fingerprint density at radius 1 is 1.45 bits per heavy atom. The van der Waals surface area contributed by atoms with Gasteiger partial charge in [0.05, 0.1) is 6.42 Å². The zero-order valence-electron chi connectivity index (χ0n) is 5.80. The van der Waals surface area contributed by atoms with Crippen molar-refractivity contribution in [1.82, 2.24) is 5.73 Å². The third kappa shape index (κ3) is 2.04. The lowest BCUT2D eigenvalue weighted by Gasteiger charge is -1.96. The van der Waals surface area contributed by atoms with Gasteiger partial charge in [0.2, 0.25) is 5.91 Å². The van der Waals surface area contributed by atoms with Gasteiger partial charge in [0, 0.05) is 0 Å². The van der Waals surface area contributed by atoms with Gasteiger partial charge in [-0.25, -0.2) is 4.39 Å². The summed E-state index contributed by atoms with van der Waals surface area (Å²) in [5.74, 6) is -1.19. The lowest BCUT2D eigenvalue weighted by atomic mass is 10.1. The fourth-order valence-corrected chi connectivity index (χ4v) is 0.815. The van der Waals surface area contributed by atoms with E-state index in [0.29, 0.717) is 0 Å². The van der Waals surface area contributed by atoms with Gasteiger partial charge in [0.15, 0.2) is 0 Å². The normalized spacial score (nSPS) is 9.55. The number of hydrogen-bond donors (Lipinski definition) is 0. The lowest BCUT2D eigenvalue weighted by Crippen LogP contribution is -2.03. The first kappa shape index (κ1) is 7.72. The minimum absolute atomic E-state index is 0.146. The first-order chi connectivity index (χ1) is 5.20. The molecule has 0 spiro atoms. The molecule has 0 aliphatic rings. The van der Waals surface area contributed by atoms with E-state index >= 15 is 0 Å². The van der Waals surface area contributed by atoms with Gasteiger partial charge in [-0.1, -0.05) is 18.2 Å². The molecule has 1 radical (unpaired) electrons. The highest BCUT2D eigenvalue weighted by Crippen LogP contribution is 2.06. The number of amides is 1. The predicted octanol–water partition coefficient (Wildman–Crippen LogP) is 1.18. The van der Waals surface area contributed by atoms with Crippen molar-refractivity contribution >= 4 is 5.91 Å². The molecule has 3 heteroatoms. The molecule has 0 saturated heterocycles. The maximum atomic E-state index is 12.7. The zero-order valence-corrected chi connectivity index (χ0v) is 5.80. The van der Waals surface area contributed by atoms with Gasteiger partial charge < -0.3 is 0 Å². The number of hydrogen-bond acceptors (Lipinski definition) is 1. The van der Waals surface area contributed by atoms with Crippen molar-refractivity contribution in [2.45, 2.75) is 6.42 Å². The van der Waals surface area contributed by atoms with Crippen molar-refractivity contribution in [2.24, 2.45) is 0 Å². The number of benzene rings is 1. The van der Waals surface area contributed by atoms with Gasteiger partial charge in [0.25, 0.3) is 0 Å². The first-order valence-corrected chi connectivity index (χ1v) is 3.18. The molecule has 0 unspecified atom stereocenters. The SMILES string of the molecule is [NH]C(=O)Cc1ccccc1F. The summed E-state index contributed by atoms with van der Waals surface area (Å²) >= 11 is 0. The first-order valence-electron chi connectivity index (χ1n) is 3.18. The average molecular weight is 152 g/mol. The lowest BCUT2D eigenvalue weighted by molar-refractivity contribution is -0.118. The maximum Gasteiger partial charge on any atom is 0.242 e. The van der Waals surface area contributed by atoms with Crippen molar-refractivity contribution in [1.29, 1.82) is 0 Å². The summed E-state index contributed by atoms with van der Waals surface area (Å²) < 4.78 is 12.7. The zero-order chi connectivity index (χ0) is 8.27. The summed E-state index contributed by atoms with van der Waals surface area (Å²) in [6.07, 6.45) is -0.146. The molecule has 2 nitrogen and oxygen atoms in total. The summed E-state index contributed by atoms with van der Waals surface area (Å²) in [7, 11) is 0. The number of carbonyl (C=O) groups is 1. The quantitative estimate of drug-likeness (QED) is 0.627. The number of halogens is 1. The Morgan fingerprint density at radius 2 is 2.09 bits per heavy atom. The molecule has 57 valence electrons. The molecule has 1 N–H and O–H groups in total. The van der Waals surface area contributed by atoms with Crippen LogP contribution in [0.2, 0.25) is 0 Å². The van der Waals surface area contributed by atoms with Crippen LogP contribution < -0.4 is 5.73 Å². The van der Waals surface area contributed by atoms with E-state index in [0.717, 1.165) is 0 Å². The molecule has 0 bridgehead atoms. The van der Waals surface area contributed by atoms with Crippen LogP contribution in [0.25, 0.3) is 0 Å². The Labute approximate surface area is 63.8 Å². The van der Waals surface area contributed by atoms with Crippen molar-refractivity contribution in [3.63, 3.8) is 0 Å². The predicted molar refractivity (Wildman–Crippen MR) is 38.2 cm³/mol. The molecule has 0 saturated carbocycles. The van der Waals surface area contributed by atoms with Gasteiger partial charge >= 0.3 is 0 Å². The molecule has 0 fully saturated rings. The minimum atomic E-state index is -0.768. The highest BCUT2D eigenvalue weighted by atomic mass is 19.1. The minimum Gasteiger partial charge on any atom is -0.273 e. The monoisotopic (exact) mass is 152 g/mol. The largest absolute Gasteiger partial charge is 0.273 e. The second kappa shape index (κ2) is 3.14. The van der Waals surface area contributed by atoms with Crippen LogP contribution in [0.5, 0.6) is 0 Å². The van der Waals surface area contributed by atoms with E-state index in [-0.39, 0.29) is 12.0 Å². The molecule has 0 aromatic heterocycles. The fourth-order valence-electron chi connectivity index (χ4n) is 0.815. The van der Waals surface area contributed by atoms with Crippen LogP contribution in [-0.2, 0) is 11.2 Å². The van der Waals surface area contributed by atoms with E-state index in [9.17, 15) is 9.18 Å². The van der Waals surface area contributed by atoms with Crippen LogP contribution in [0.3, 0.4) is 0 Å². The highest BCUT2D eigenvalue weighted by molar-refractivity contribution is 5.75. The van der Waals surface area contributed by atoms with Crippen molar-refractivity contribution in [3.05, 3.63) is 35.6 Å². The van der Waals surface area contributed by atoms with Gasteiger partial charge in [-0.3, -0.25) is 10.5 Å². The summed E-state index contributed by atoms with van der Waals surface area (Å²) in [5, 5.41) is 0. The molecule has 0 aliphatic heterocycles. The van der Waals surface area contributed by atoms with Gasteiger partial charge in [-0.05, 0) is 11.6 Å². The summed E-state index contributed by atoms with van der Waals surface area (Å²) in [6.45, 7) is 0. The Balaban J connectivity index is 2.86. The van der Waals surface area contributed by atoms with Gasteiger partial charge in [-0.15, -0.1) is 0 Å². The van der Waals surface area contributed by atoms with E-state index in [2.05, 4.69) is 0 Å². The smallest absolute Gasteiger partial charge is 0.242 e.